The molecule has 2 aliphatic heterocycles. The van der Waals surface area contributed by atoms with Gasteiger partial charge >= 0.3 is 5.97 Å². The number of amides is 2. The first-order valence-corrected chi connectivity index (χ1v) is 14.3. The molecule has 2 aromatic heterocycles. The number of hydrogen-bond donors (Lipinski definition) is 4. The number of carboxylic acid groups (broad SMARTS) is 1. The lowest BCUT2D eigenvalue weighted by Crippen LogP contribution is -2.74. The Balaban J connectivity index is 0.00000280. The monoisotopic (exact) mass is 654 g/mol. The van der Waals surface area contributed by atoms with Crippen LogP contribution in [-0.2, 0) is 25.8 Å². The van der Waals surface area contributed by atoms with Gasteiger partial charge in [0, 0.05) is 23.4 Å². The fourth-order valence-electron chi connectivity index (χ4n) is 3.71. The smallest absolute Gasteiger partial charge is 0.313 e. The number of nitrogens with one attached hydrogen (secondary N) is 1. The summed E-state index contributed by atoms with van der Waals surface area (Å²) in [6.07, 6.45) is 2.17. The van der Waals surface area contributed by atoms with Crippen LogP contribution in [0.4, 0.5) is 5.13 Å². The fraction of sp³-hybridized carbons (Fsp3) is 0.500. The number of fused-ring (bicyclic) bond motifs is 1. The Bertz CT molecular complexity index is 1250. The van der Waals surface area contributed by atoms with Crippen molar-refractivity contribution < 1.29 is 24.3 Å². The topological polar surface area (TPSA) is 217 Å². The van der Waals surface area contributed by atoms with E-state index in [-0.39, 0.29) is 71.9 Å². The van der Waals surface area contributed by atoms with Gasteiger partial charge in [-0.1, -0.05) is 23.0 Å². The quantitative estimate of drug-likeness (QED) is 0.0562. The average molecular weight is 656 g/mol. The summed E-state index contributed by atoms with van der Waals surface area (Å²) in [5, 5.41) is 29.9. The third-order valence-corrected chi connectivity index (χ3v) is 9.25. The minimum atomic E-state index is -1.22. The number of thiazole rings is 1. The predicted octanol–water partition coefficient (Wildman–Crippen LogP) is 0.0741. The van der Waals surface area contributed by atoms with Gasteiger partial charge < -0.3 is 31.6 Å². The van der Waals surface area contributed by atoms with E-state index in [1.165, 1.54) is 33.1 Å². The molecule has 2 amide bonds. The maximum Gasteiger partial charge on any atom is 0.313 e. The molecular formula is C20H28Cl2N10O5S3. The van der Waals surface area contributed by atoms with Gasteiger partial charge in [0.15, 0.2) is 10.8 Å². The van der Waals surface area contributed by atoms with E-state index in [1.807, 2.05) is 0 Å². The number of nitrogen functional groups attached to an aromatic ring is 1. The minimum Gasteiger partial charge on any atom is -0.481 e. The van der Waals surface area contributed by atoms with Crippen LogP contribution < -0.4 is 16.8 Å². The summed E-state index contributed by atoms with van der Waals surface area (Å²) in [4.78, 5) is 49.2. The number of aliphatic carboxylic acids is 1. The Morgan fingerprint density at radius 1 is 1.43 bits per heavy atom. The van der Waals surface area contributed by atoms with E-state index in [1.54, 1.807) is 11.5 Å². The molecule has 2 aromatic rings. The zero-order valence-electron chi connectivity index (χ0n) is 20.9. The number of hydrogen-bond acceptors (Lipinski definition) is 14. The van der Waals surface area contributed by atoms with E-state index in [0.717, 1.165) is 11.3 Å². The Labute approximate surface area is 253 Å². The first-order valence-electron chi connectivity index (χ1n) is 11.4. The molecule has 0 spiro atoms. The number of β-lactam (4-membered cyclic amide) rings is 1. The van der Waals surface area contributed by atoms with Crippen LogP contribution in [-0.4, -0.2) is 101 Å². The number of carbonyl (C=O) groups excluding carboxylic acids is 2. The maximum absolute atomic E-state index is 13.1. The van der Waals surface area contributed by atoms with E-state index in [4.69, 9.17) is 16.3 Å². The molecule has 0 aliphatic carbocycles. The van der Waals surface area contributed by atoms with Gasteiger partial charge in [-0.05, 0) is 23.4 Å². The second-order valence-electron chi connectivity index (χ2n) is 8.41. The molecule has 2 unspecified atom stereocenters. The fourth-order valence-corrected chi connectivity index (χ4v) is 7.01. The molecule has 6 N–H and O–H groups in total. The molecule has 220 valence electrons. The molecular weight excluding hydrogens is 627 g/mol. The number of thioether (sulfide) groups is 2. The third kappa shape index (κ3) is 7.16. The standard InChI is InChI=1S/C20H26N10O5S3.2ClH/c1-2-5-30-19(25-27-28-30)38-10-20(17(33)34)8-29-15(32)13(16(29)37-9-20)24-14(31)12(26-35-6-3-4-21)11-7-36-18(22)23-11;;/h2,7,13,16H,1,3-6,8-10,21H2,(H2,22,23)(H,24,31)(H,33,34);2*1H/t13?,16-,20?;;/m1../s1. The van der Waals surface area contributed by atoms with Crippen molar-refractivity contribution in [2.75, 3.05) is 36.9 Å². The molecule has 0 radical (unpaired) electrons. The largest absolute Gasteiger partial charge is 0.481 e. The second-order valence-corrected chi connectivity index (χ2v) is 11.3. The molecule has 20 heteroatoms. The predicted molar refractivity (Wildman–Crippen MR) is 156 cm³/mol. The lowest BCUT2D eigenvalue weighted by molar-refractivity contribution is -0.157. The van der Waals surface area contributed by atoms with Crippen LogP contribution in [0.2, 0.25) is 0 Å². The number of nitrogens with zero attached hydrogens (tertiary/aromatic N) is 7. The van der Waals surface area contributed by atoms with E-state index in [2.05, 4.69) is 37.6 Å². The number of carboxylic acids is 1. The van der Waals surface area contributed by atoms with E-state index >= 15 is 0 Å². The third-order valence-electron chi connectivity index (χ3n) is 5.74. The summed E-state index contributed by atoms with van der Waals surface area (Å²) in [6.45, 7) is 4.64. The van der Waals surface area contributed by atoms with E-state index < -0.39 is 28.7 Å². The van der Waals surface area contributed by atoms with Crippen LogP contribution >= 0.6 is 59.7 Å². The molecule has 3 atom stereocenters. The molecule has 15 nitrogen and oxygen atoms in total. The number of nitrogens with two attached hydrogens (primary N) is 2. The highest BCUT2D eigenvalue weighted by atomic mass is 35.5. The summed E-state index contributed by atoms with van der Waals surface area (Å²) in [5.41, 5.74) is 10.0. The lowest BCUT2D eigenvalue weighted by atomic mass is 9.89. The Morgan fingerprint density at radius 3 is 2.85 bits per heavy atom. The molecule has 2 saturated heterocycles. The van der Waals surface area contributed by atoms with Crippen molar-refractivity contribution in [1.82, 2.24) is 35.4 Å². The number of halogens is 2. The zero-order valence-corrected chi connectivity index (χ0v) is 25.0. The van der Waals surface area contributed by atoms with Crippen LogP contribution in [0, 0.1) is 5.41 Å². The zero-order chi connectivity index (χ0) is 27.3. The van der Waals surface area contributed by atoms with Gasteiger partial charge in [-0.3, -0.25) is 14.4 Å². The van der Waals surface area contributed by atoms with Gasteiger partial charge in [-0.15, -0.1) is 59.6 Å². The van der Waals surface area contributed by atoms with Crippen LogP contribution in [0.5, 0.6) is 0 Å². The van der Waals surface area contributed by atoms with Crippen molar-refractivity contribution in [3.8, 4) is 0 Å². The van der Waals surface area contributed by atoms with Gasteiger partial charge in [-0.2, -0.15) is 0 Å². The van der Waals surface area contributed by atoms with Crippen molar-refractivity contribution in [2.24, 2.45) is 16.3 Å². The van der Waals surface area contributed by atoms with Gasteiger partial charge in [-0.25, -0.2) is 9.67 Å². The molecule has 2 fully saturated rings. The van der Waals surface area contributed by atoms with Gasteiger partial charge in [0.25, 0.3) is 5.91 Å². The molecule has 0 aromatic carbocycles. The number of oxime groups is 1. The van der Waals surface area contributed by atoms with Gasteiger partial charge in [0.2, 0.25) is 11.1 Å². The summed E-state index contributed by atoms with van der Waals surface area (Å²) in [6, 6.07) is -0.850. The molecule has 0 saturated carbocycles. The normalized spacial score (nSPS) is 21.8. The Hall–Kier alpha value is -2.64. The van der Waals surface area contributed by atoms with Crippen molar-refractivity contribution in [1.29, 1.82) is 0 Å². The summed E-state index contributed by atoms with van der Waals surface area (Å²) < 4.78 is 1.52. The molecule has 40 heavy (non-hydrogen) atoms. The summed E-state index contributed by atoms with van der Waals surface area (Å²) >= 11 is 3.63. The highest BCUT2D eigenvalue weighted by molar-refractivity contribution is 8.00. The maximum atomic E-state index is 13.1. The first kappa shape index (κ1) is 33.6. The Kier molecular flexibility index (Phi) is 12.4. The minimum absolute atomic E-state index is 0. The Morgan fingerprint density at radius 2 is 2.20 bits per heavy atom. The van der Waals surface area contributed by atoms with E-state index in [0.29, 0.717) is 24.7 Å². The molecule has 4 heterocycles. The van der Waals surface area contributed by atoms with Crippen molar-refractivity contribution in [3.05, 3.63) is 23.7 Å². The molecule has 2 aliphatic rings. The number of tetrazole rings is 1. The van der Waals surface area contributed by atoms with Crippen LogP contribution in [0.1, 0.15) is 12.1 Å². The van der Waals surface area contributed by atoms with Crippen LogP contribution in [0.15, 0.2) is 28.3 Å². The van der Waals surface area contributed by atoms with Crippen molar-refractivity contribution >= 4 is 88.3 Å². The molecule has 4 rings (SSSR count). The number of allylic oxidation sites excluding steroid dienone is 1. The number of anilines is 1. The lowest BCUT2D eigenvalue weighted by Gasteiger charge is -2.53. The summed E-state index contributed by atoms with van der Waals surface area (Å²) in [5.74, 6) is -1.68. The summed E-state index contributed by atoms with van der Waals surface area (Å²) in [7, 11) is 0. The van der Waals surface area contributed by atoms with Gasteiger partial charge in [0.05, 0.1) is 6.54 Å². The number of rotatable bonds is 13. The first-order chi connectivity index (χ1) is 18.3. The molecule has 0 bridgehead atoms. The van der Waals surface area contributed by atoms with Crippen molar-refractivity contribution in [3.63, 3.8) is 0 Å². The van der Waals surface area contributed by atoms with Crippen LogP contribution in [0.25, 0.3) is 0 Å². The highest BCUT2D eigenvalue weighted by Crippen LogP contribution is 2.44. The highest BCUT2D eigenvalue weighted by Gasteiger charge is 2.57. The number of carbonyl (C=O) groups is 3. The van der Waals surface area contributed by atoms with Gasteiger partial charge in [0.1, 0.15) is 29.1 Å². The second kappa shape index (κ2) is 14.8. The van der Waals surface area contributed by atoms with E-state index in [9.17, 15) is 19.5 Å². The number of aromatic nitrogens is 5. The van der Waals surface area contributed by atoms with Crippen LogP contribution in [0.3, 0.4) is 0 Å². The SMILES string of the molecule is C=CCn1nnnc1SCC1(C(=O)O)CS[C@@H]2C(NC(=O)C(=NOCCCN)c3csc(N)n3)C(=O)N2C1.Cl.Cl. The average Bonchev–Trinajstić information content (AvgIpc) is 3.54. The van der Waals surface area contributed by atoms with Crippen molar-refractivity contribution in [2.45, 2.75) is 29.5 Å².